The molecular weight excluding hydrogens is 630 g/mol. The Morgan fingerprint density at radius 2 is 1.74 bits per heavy atom. The number of ether oxygens (including phenoxy) is 1. The molecule has 2 atom stereocenters. The first-order chi connectivity index (χ1) is 24.0. The lowest BCUT2D eigenvalue weighted by molar-refractivity contribution is -0.139. The molecule has 0 bridgehead atoms. The zero-order valence-electron chi connectivity index (χ0n) is 29.3. The van der Waals surface area contributed by atoms with Crippen LogP contribution in [0.25, 0.3) is 0 Å². The molecule has 262 valence electrons. The lowest BCUT2D eigenvalue weighted by Gasteiger charge is -2.31. The van der Waals surface area contributed by atoms with Crippen molar-refractivity contribution in [1.82, 2.24) is 4.90 Å². The standard InChI is InChI=1S/C41H47N3O6/c1-29(2)12-10-13-30(3)22-23-43-35-21-20-33(44-36-17-8-9-18-37(36)50-28-39(44)47)26-34(35)41(49,40(43)48)31(4)14-11-19-38(46)42(24-25-45)27-32-15-6-5-7-16-32/h5-9,11-12,14-18,20-22,26,31,45,49H,10,13,19,23-25,27-28H2,1-4H3/b14-11+,30-22+/t31-,41+/m1/s1. The summed E-state index contributed by atoms with van der Waals surface area (Å²) in [6.45, 7) is 8.46. The number of aliphatic hydroxyl groups is 2. The molecule has 0 saturated heterocycles. The number of carbonyl (C=O) groups is 3. The molecule has 2 aliphatic rings. The van der Waals surface area contributed by atoms with Gasteiger partial charge in [-0.05, 0) is 69.5 Å². The fraction of sp³-hybridized carbons (Fsp3) is 0.341. The molecule has 0 unspecified atom stereocenters. The smallest absolute Gasteiger partial charge is 0.269 e. The van der Waals surface area contributed by atoms with Crippen LogP contribution in [0.15, 0.2) is 108 Å². The van der Waals surface area contributed by atoms with Crippen LogP contribution in [0.4, 0.5) is 17.1 Å². The van der Waals surface area contributed by atoms with Crippen LogP contribution in [0.3, 0.4) is 0 Å². The maximum Gasteiger partial charge on any atom is 0.269 e. The van der Waals surface area contributed by atoms with Crippen LogP contribution in [0, 0.1) is 5.92 Å². The van der Waals surface area contributed by atoms with Gasteiger partial charge < -0.3 is 24.7 Å². The monoisotopic (exact) mass is 677 g/mol. The third-order valence-corrected chi connectivity index (χ3v) is 9.25. The summed E-state index contributed by atoms with van der Waals surface area (Å²) in [5, 5.41) is 22.0. The third kappa shape index (κ3) is 7.90. The number of carbonyl (C=O) groups excluding carboxylic acids is 3. The van der Waals surface area contributed by atoms with E-state index in [2.05, 4.69) is 19.9 Å². The number of rotatable bonds is 14. The summed E-state index contributed by atoms with van der Waals surface area (Å²) < 4.78 is 5.65. The summed E-state index contributed by atoms with van der Waals surface area (Å²) in [6, 6.07) is 22.1. The first-order valence-electron chi connectivity index (χ1n) is 17.2. The average Bonchev–Trinajstić information content (AvgIpc) is 3.32. The molecule has 3 aromatic carbocycles. The van der Waals surface area contributed by atoms with Gasteiger partial charge in [-0.25, -0.2) is 0 Å². The fourth-order valence-electron chi connectivity index (χ4n) is 6.44. The van der Waals surface area contributed by atoms with Gasteiger partial charge in [0, 0.05) is 43.2 Å². The van der Waals surface area contributed by atoms with Crippen molar-refractivity contribution in [3.8, 4) is 5.75 Å². The molecule has 3 amide bonds. The Kier molecular flexibility index (Phi) is 11.7. The van der Waals surface area contributed by atoms with Gasteiger partial charge in [0.1, 0.15) is 5.75 Å². The number of nitrogens with zero attached hydrogens (tertiary/aromatic N) is 3. The predicted octanol–water partition coefficient (Wildman–Crippen LogP) is 6.57. The molecule has 0 aromatic heterocycles. The highest BCUT2D eigenvalue weighted by Crippen LogP contribution is 2.48. The Labute approximate surface area is 294 Å². The summed E-state index contributed by atoms with van der Waals surface area (Å²) >= 11 is 0. The second-order valence-electron chi connectivity index (χ2n) is 13.2. The number of benzene rings is 3. The Bertz CT molecular complexity index is 1790. The van der Waals surface area contributed by atoms with Crippen LogP contribution < -0.4 is 14.5 Å². The van der Waals surface area contributed by atoms with Crippen molar-refractivity contribution in [1.29, 1.82) is 0 Å². The van der Waals surface area contributed by atoms with Gasteiger partial charge in [-0.3, -0.25) is 19.3 Å². The van der Waals surface area contributed by atoms with Crippen molar-refractivity contribution in [3.63, 3.8) is 0 Å². The maximum atomic E-state index is 14.3. The maximum absolute atomic E-state index is 14.3. The van der Waals surface area contributed by atoms with Gasteiger partial charge in [-0.2, -0.15) is 0 Å². The summed E-state index contributed by atoms with van der Waals surface area (Å²) in [6.07, 6.45) is 9.36. The number of amides is 3. The molecule has 9 nitrogen and oxygen atoms in total. The van der Waals surface area contributed by atoms with Crippen LogP contribution in [0.5, 0.6) is 5.75 Å². The molecule has 0 spiro atoms. The Hall–Kier alpha value is -4.99. The van der Waals surface area contributed by atoms with E-state index >= 15 is 0 Å². The normalized spacial score (nSPS) is 17.8. The minimum Gasteiger partial charge on any atom is -0.482 e. The van der Waals surface area contributed by atoms with E-state index in [1.165, 1.54) is 5.57 Å². The highest BCUT2D eigenvalue weighted by Gasteiger charge is 2.52. The highest BCUT2D eigenvalue weighted by atomic mass is 16.5. The zero-order chi connectivity index (χ0) is 35.8. The Morgan fingerprint density at radius 1 is 1.00 bits per heavy atom. The Balaban J connectivity index is 1.44. The van der Waals surface area contributed by atoms with Crippen molar-refractivity contribution >= 4 is 34.8 Å². The molecular formula is C41H47N3O6. The van der Waals surface area contributed by atoms with Crippen molar-refractivity contribution in [2.45, 2.75) is 59.1 Å². The number of anilines is 3. The predicted molar refractivity (Wildman–Crippen MR) is 196 cm³/mol. The number of hydrogen-bond donors (Lipinski definition) is 2. The Morgan fingerprint density at radius 3 is 2.48 bits per heavy atom. The van der Waals surface area contributed by atoms with Gasteiger partial charge in [0.05, 0.1) is 18.0 Å². The molecule has 50 heavy (non-hydrogen) atoms. The molecule has 0 saturated carbocycles. The molecule has 0 aliphatic carbocycles. The van der Waals surface area contributed by atoms with Gasteiger partial charge in [0.15, 0.2) is 12.2 Å². The summed E-state index contributed by atoms with van der Waals surface area (Å²) in [5.41, 5.74) is 3.43. The van der Waals surface area contributed by atoms with Crippen LogP contribution in [-0.2, 0) is 26.5 Å². The topological polar surface area (TPSA) is 111 Å². The first-order valence-corrected chi connectivity index (χ1v) is 17.2. The molecule has 2 aliphatic heterocycles. The summed E-state index contributed by atoms with van der Waals surface area (Å²) in [4.78, 5) is 45.4. The molecule has 0 fully saturated rings. The number of allylic oxidation sites excluding steroid dienone is 3. The second-order valence-corrected chi connectivity index (χ2v) is 13.2. The molecule has 9 heteroatoms. The lowest BCUT2D eigenvalue weighted by Crippen LogP contribution is -2.44. The van der Waals surface area contributed by atoms with Crippen LogP contribution >= 0.6 is 0 Å². The van der Waals surface area contributed by atoms with Gasteiger partial charge in [0.25, 0.3) is 11.8 Å². The van der Waals surface area contributed by atoms with Gasteiger partial charge in [0.2, 0.25) is 5.91 Å². The quantitative estimate of drug-likeness (QED) is 0.187. The van der Waals surface area contributed by atoms with E-state index in [0.29, 0.717) is 34.9 Å². The minimum atomic E-state index is -1.96. The molecule has 2 heterocycles. The first kappa shape index (κ1) is 36.3. The van der Waals surface area contributed by atoms with Crippen molar-refractivity contribution in [3.05, 3.63) is 119 Å². The van der Waals surface area contributed by atoms with Crippen LogP contribution in [-0.4, -0.2) is 59.1 Å². The zero-order valence-corrected chi connectivity index (χ0v) is 29.3. The van der Waals surface area contributed by atoms with E-state index in [9.17, 15) is 24.6 Å². The summed E-state index contributed by atoms with van der Waals surface area (Å²) in [7, 11) is 0. The number of hydrogen-bond acceptors (Lipinski definition) is 6. The number of fused-ring (bicyclic) bond motifs is 2. The van der Waals surface area contributed by atoms with E-state index in [1.807, 2.05) is 55.5 Å². The van der Waals surface area contributed by atoms with Gasteiger partial charge in [-0.1, -0.05) is 84.8 Å². The molecule has 2 N–H and O–H groups in total. The van der Waals surface area contributed by atoms with Crippen LogP contribution in [0.1, 0.15) is 58.1 Å². The second kappa shape index (κ2) is 16.1. The van der Waals surface area contributed by atoms with Crippen LogP contribution in [0.2, 0.25) is 0 Å². The third-order valence-electron chi connectivity index (χ3n) is 9.25. The van der Waals surface area contributed by atoms with Crippen molar-refractivity contribution in [2.75, 3.05) is 36.1 Å². The number of para-hydroxylation sites is 2. The van der Waals surface area contributed by atoms with Crippen molar-refractivity contribution < 1.29 is 29.3 Å². The lowest BCUT2D eigenvalue weighted by atomic mass is 9.82. The average molecular weight is 678 g/mol. The number of aliphatic hydroxyl groups excluding tert-OH is 1. The van der Waals surface area contributed by atoms with Crippen molar-refractivity contribution in [2.24, 2.45) is 5.92 Å². The molecule has 3 aromatic rings. The summed E-state index contributed by atoms with van der Waals surface area (Å²) in [5.74, 6) is -1.08. The fourth-order valence-corrected chi connectivity index (χ4v) is 6.44. The molecule has 5 rings (SSSR count). The minimum absolute atomic E-state index is 0.0325. The molecule has 0 radical (unpaired) electrons. The largest absolute Gasteiger partial charge is 0.482 e. The van der Waals surface area contributed by atoms with E-state index in [0.717, 1.165) is 24.0 Å². The van der Waals surface area contributed by atoms with E-state index in [-0.39, 0.29) is 44.5 Å². The van der Waals surface area contributed by atoms with E-state index in [4.69, 9.17) is 4.74 Å². The van der Waals surface area contributed by atoms with Gasteiger partial charge >= 0.3 is 0 Å². The SMILES string of the molecule is CC(C)=CCC/C(C)=C/CN1C(=O)[C@](O)([C@H](C)/C=C/CC(=O)N(CCO)Cc2ccccc2)c2cc(N3C(=O)COc4ccccc43)ccc21. The van der Waals surface area contributed by atoms with E-state index in [1.54, 1.807) is 64.1 Å². The van der Waals surface area contributed by atoms with Gasteiger partial charge in [-0.15, -0.1) is 0 Å². The van der Waals surface area contributed by atoms with E-state index < -0.39 is 17.4 Å². The highest BCUT2D eigenvalue weighted by molar-refractivity contribution is 6.09.